The zero-order chi connectivity index (χ0) is 20.4. The molecule has 0 aromatic heterocycles. The monoisotopic (exact) mass is 380 g/mol. The van der Waals surface area contributed by atoms with Crippen molar-refractivity contribution in [3.8, 4) is 11.5 Å². The molecule has 0 atom stereocenters. The first-order valence-corrected chi connectivity index (χ1v) is 10.2. The van der Waals surface area contributed by atoms with Crippen molar-refractivity contribution in [3.05, 3.63) is 59.7 Å². The number of ether oxygens (including phenoxy) is 2. The molecule has 150 valence electrons. The maximum absolute atomic E-state index is 11.1. The average Bonchev–Trinajstić information content (AvgIpc) is 2.68. The minimum atomic E-state index is -0.278. The van der Waals surface area contributed by atoms with Crippen LogP contribution in [-0.4, -0.2) is 13.1 Å². The van der Waals surface area contributed by atoms with Gasteiger partial charge in [0.25, 0.3) is 0 Å². The van der Waals surface area contributed by atoms with Crippen LogP contribution in [0, 0.1) is 5.92 Å². The van der Waals surface area contributed by atoms with E-state index in [0.717, 1.165) is 5.75 Å². The normalized spacial score (nSPS) is 22.5. The summed E-state index contributed by atoms with van der Waals surface area (Å²) in [6, 6.07) is 16.6. The molecule has 0 N–H and O–H groups in total. The SMILES string of the molecule is COc1ccc(C(C)(C)C2CCC(C)(c3ccc(OC(C)=O)cc3)CC2)cc1. The first-order valence-electron chi connectivity index (χ1n) is 10.2. The second-order valence-corrected chi connectivity index (χ2v) is 8.90. The number of methoxy groups -OCH3 is 1. The van der Waals surface area contributed by atoms with E-state index in [2.05, 4.69) is 57.2 Å². The number of carbonyl (C=O) groups excluding carboxylic acids is 1. The summed E-state index contributed by atoms with van der Waals surface area (Å²) in [5.74, 6) is 1.91. The Morgan fingerprint density at radius 3 is 2.00 bits per heavy atom. The molecule has 3 rings (SSSR count). The molecule has 1 saturated carbocycles. The Morgan fingerprint density at radius 1 is 0.964 bits per heavy atom. The van der Waals surface area contributed by atoms with Crippen LogP contribution >= 0.6 is 0 Å². The highest BCUT2D eigenvalue weighted by atomic mass is 16.5. The van der Waals surface area contributed by atoms with Gasteiger partial charge in [0.15, 0.2) is 0 Å². The van der Waals surface area contributed by atoms with Crippen LogP contribution < -0.4 is 9.47 Å². The quantitative estimate of drug-likeness (QED) is 0.468. The summed E-state index contributed by atoms with van der Waals surface area (Å²) >= 11 is 0. The van der Waals surface area contributed by atoms with Gasteiger partial charge >= 0.3 is 5.97 Å². The lowest BCUT2D eigenvalue weighted by Crippen LogP contribution is -2.36. The third-order valence-electron chi connectivity index (χ3n) is 6.76. The van der Waals surface area contributed by atoms with E-state index in [1.54, 1.807) is 7.11 Å². The number of hydrogen-bond acceptors (Lipinski definition) is 3. The summed E-state index contributed by atoms with van der Waals surface area (Å²) in [5, 5.41) is 0. The molecule has 0 amide bonds. The van der Waals surface area contributed by atoms with Gasteiger partial charge in [-0.15, -0.1) is 0 Å². The second-order valence-electron chi connectivity index (χ2n) is 8.90. The van der Waals surface area contributed by atoms with Crippen molar-refractivity contribution in [2.24, 2.45) is 5.92 Å². The fourth-order valence-electron chi connectivity index (χ4n) is 4.61. The number of benzene rings is 2. The molecular weight excluding hydrogens is 348 g/mol. The van der Waals surface area contributed by atoms with Gasteiger partial charge in [0.2, 0.25) is 0 Å². The van der Waals surface area contributed by atoms with Crippen molar-refractivity contribution in [2.45, 2.75) is 64.2 Å². The fourth-order valence-corrected chi connectivity index (χ4v) is 4.61. The maximum atomic E-state index is 11.1. The van der Waals surface area contributed by atoms with Crippen LogP contribution in [0.25, 0.3) is 0 Å². The van der Waals surface area contributed by atoms with Crippen molar-refractivity contribution in [3.63, 3.8) is 0 Å². The zero-order valence-electron chi connectivity index (χ0n) is 17.7. The number of rotatable bonds is 5. The van der Waals surface area contributed by atoms with Gasteiger partial charge in [0.1, 0.15) is 11.5 Å². The summed E-state index contributed by atoms with van der Waals surface area (Å²) in [7, 11) is 1.71. The van der Waals surface area contributed by atoms with Crippen molar-refractivity contribution in [1.82, 2.24) is 0 Å². The first kappa shape index (κ1) is 20.4. The van der Waals surface area contributed by atoms with E-state index in [-0.39, 0.29) is 16.8 Å². The Kier molecular flexibility index (Phi) is 5.83. The van der Waals surface area contributed by atoms with E-state index in [1.807, 2.05) is 12.1 Å². The second kappa shape index (κ2) is 7.98. The fraction of sp³-hybridized carbons (Fsp3) is 0.480. The van der Waals surface area contributed by atoms with Crippen LogP contribution in [0.15, 0.2) is 48.5 Å². The first-order chi connectivity index (χ1) is 13.2. The van der Waals surface area contributed by atoms with E-state index in [4.69, 9.17) is 9.47 Å². The Morgan fingerprint density at radius 2 is 1.50 bits per heavy atom. The molecule has 1 fully saturated rings. The molecule has 0 bridgehead atoms. The van der Waals surface area contributed by atoms with Gasteiger partial charge in [-0.25, -0.2) is 0 Å². The van der Waals surface area contributed by atoms with Gasteiger partial charge < -0.3 is 9.47 Å². The van der Waals surface area contributed by atoms with Gasteiger partial charge in [-0.05, 0) is 77.8 Å². The lowest BCUT2D eigenvalue weighted by Gasteiger charge is -2.44. The van der Waals surface area contributed by atoms with Crippen LogP contribution in [-0.2, 0) is 15.6 Å². The highest BCUT2D eigenvalue weighted by molar-refractivity contribution is 5.69. The van der Waals surface area contributed by atoms with Crippen molar-refractivity contribution in [1.29, 1.82) is 0 Å². The predicted molar refractivity (Wildman–Crippen MR) is 113 cm³/mol. The standard InChI is InChI=1S/C25H32O3/c1-18(26)28-23-12-8-21(9-13-23)25(4)16-14-20(15-17-25)24(2,3)19-6-10-22(27-5)11-7-19/h6-13,20H,14-17H2,1-5H3. The minimum absolute atomic E-state index is 0.146. The number of hydrogen-bond donors (Lipinski definition) is 0. The molecule has 0 unspecified atom stereocenters. The predicted octanol–water partition coefficient (Wildman–Crippen LogP) is 6.05. The molecule has 0 spiro atoms. The molecule has 0 radical (unpaired) electrons. The Hall–Kier alpha value is -2.29. The van der Waals surface area contributed by atoms with Crippen molar-refractivity contribution >= 4 is 5.97 Å². The zero-order valence-corrected chi connectivity index (χ0v) is 17.7. The van der Waals surface area contributed by atoms with Crippen LogP contribution in [0.5, 0.6) is 11.5 Å². The van der Waals surface area contributed by atoms with Gasteiger partial charge in [0.05, 0.1) is 7.11 Å². The molecule has 0 saturated heterocycles. The topological polar surface area (TPSA) is 35.5 Å². The van der Waals surface area contributed by atoms with Crippen LogP contribution in [0.4, 0.5) is 0 Å². The molecule has 2 aromatic rings. The van der Waals surface area contributed by atoms with E-state index in [0.29, 0.717) is 11.7 Å². The van der Waals surface area contributed by atoms with Crippen LogP contribution in [0.2, 0.25) is 0 Å². The lowest BCUT2D eigenvalue weighted by atomic mass is 9.60. The Bertz CT molecular complexity index is 795. The van der Waals surface area contributed by atoms with E-state index in [9.17, 15) is 4.79 Å². The summed E-state index contributed by atoms with van der Waals surface area (Å²) in [5.41, 5.74) is 3.05. The van der Waals surface area contributed by atoms with Gasteiger partial charge in [-0.3, -0.25) is 4.79 Å². The van der Waals surface area contributed by atoms with E-state index >= 15 is 0 Å². The van der Waals surface area contributed by atoms with Crippen LogP contribution in [0.3, 0.4) is 0 Å². The Balaban J connectivity index is 1.69. The van der Waals surface area contributed by atoms with Gasteiger partial charge in [-0.2, -0.15) is 0 Å². The number of carbonyl (C=O) groups is 1. The molecular formula is C25H32O3. The summed E-state index contributed by atoms with van der Waals surface area (Å²) < 4.78 is 10.5. The molecule has 1 aliphatic rings. The minimum Gasteiger partial charge on any atom is -0.497 e. The molecule has 0 aliphatic heterocycles. The van der Waals surface area contributed by atoms with Gasteiger partial charge in [0, 0.05) is 6.92 Å². The van der Waals surface area contributed by atoms with Crippen molar-refractivity contribution < 1.29 is 14.3 Å². The summed E-state index contributed by atoms with van der Waals surface area (Å²) in [4.78, 5) is 11.1. The maximum Gasteiger partial charge on any atom is 0.308 e. The van der Waals surface area contributed by atoms with Crippen LogP contribution in [0.1, 0.15) is 64.5 Å². The third kappa shape index (κ3) is 4.24. The molecule has 2 aromatic carbocycles. The lowest BCUT2D eigenvalue weighted by molar-refractivity contribution is -0.131. The number of esters is 1. The van der Waals surface area contributed by atoms with E-state index in [1.165, 1.54) is 43.7 Å². The van der Waals surface area contributed by atoms with E-state index < -0.39 is 0 Å². The highest BCUT2D eigenvalue weighted by Gasteiger charge is 2.39. The third-order valence-corrected chi connectivity index (χ3v) is 6.76. The smallest absolute Gasteiger partial charge is 0.308 e. The molecule has 0 heterocycles. The largest absolute Gasteiger partial charge is 0.497 e. The van der Waals surface area contributed by atoms with Crippen molar-refractivity contribution in [2.75, 3.05) is 7.11 Å². The molecule has 28 heavy (non-hydrogen) atoms. The average molecular weight is 381 g/mol. The molecule has 3 nitrogen and oxygen atoms in total. The molecule has 3 heteroatoms. The summed E-state index contributed by atoms with van der Waals surface area (Å²) in [6.07, 6.45) is 4.76. The Labute approximate surface area is 169 Å². The molecule has 1 aliphatic carbocycles. The van der Waals surface area contributed by atoms with Gasteiger partial charge in [-0.1, -0.05) is 45.0 Å². The highest BCUT2D eigenvalue weighted by Crippen LogP contribution is 2.48. The summed E-state index contributed by atoms with van der Waals surface area (Å²) in [6.45, 7) is 8.54.